The SMILES string of the molecule is CC[n+]1c(-c2ccc(O)cc2)c(-c2ccccc2)c(=O)n2c1SC[C@@H]2c1cnc(Cl)s1. The van der Waals surface area contributed by atoms with Crippen LogP contribution >= 0.6 is 34.7 Å². The number of hydrogen-bond acceptors (Lipinski definition) is 5. The molecule has 0 aliphatic carbocycles. The number of fused-ring (bicyclic) bond motifs is 1. The van der Waals surface area contributed by atoms with Crippen LogP contribution in [0.3, 0.4) is 0 Å². The van der Waals surface area contributed by atoms with Crippen molar-refractivity contribution in [2.75, 3.05) is 5.75 Å². The Morgan fingerprint density at radius 3 is 2.55 bits per heavy atom. The number of hydrogen-bond donors (Lipinski definition) is 1. The van der Waals surface area contributed by atoms with Gasteiger partial charge < -0.3 is 5.11 Å². The Kier molecular flexibility index (Phi) is 5.33. The second kappa shape index (κ2) is 8.15. The lowest BCUT2D eigenvalue weighted by Crippen LogP contribution is -2.45. The van der Waals surface area contributed by atoms with Crippen molar-refractivity contribution in [2.24, 2.45) is 0 Å². The highest BCUT2D eigenvalue weighted by atomic mass is 35.5. The molecule has 3 heterocycles. The molecule has 2 aromatic carbocycles. The van der Waals surface area contributed by atoms with Crippen molar-refractivity contribution >= 4 is 34.7 Å². The second-order valence-corrected chi connectivity index (χ2v) is 9.81. The van der Waals surface area contributed by atoms with Crippen LogP contribution < -0.4 is 10.1 Å². The summed E-state index contributed by atoms with van der Waals surface area (Å²) in [5.74, 6) is 0.948. The molecule has 0 fully saturated rings. The highest BCUT2D eigenvalue weighted by molar-refractivity contribution is 7.99. The average Bonchev–Trinajstić information content (AvgIpc) is 3.41. The summed E-state index contributed by atoms with van der Waals surface area (Å²) >= 11 is 9.19. The van der Waals surface area contributed by atoms with Crippen LogP contribution in [-0.4, -0.2) is 20.4 Å². The zero-order valence-electron chi connectivity index (χ0n) is 16.7. The molecule has 156 valence electrons. The molecular weight excluding hydrogens is 450 g/mol. The Morgan fingerprint density at radius 2 is 1.90 bits per heavy atom. The fourth-order valence-corrected chi connectivity index (χ4v) is 6.54. The fourth-order valence-electron chi connectivity index (χ4n) is 4.03. The third-order valence-electron chi connectivity index (χ3n) is 5.40. The van der Waals surface area contributed by atoms with Crippen LogP contribution in [0.1, 0.15) is 17.8 Å². The molecule has 1 aliphatic rings. The summed E-state index contributed by atoms with van der Waals surface area (Å²) < 4.78 is 4.57. The molecule has 0 radical (unpaired) electrons. The van der Waals surface area contributed by atoms with Gasteiger partial charge in [-0.05, 0) is 48.5 Å². The first kappa shape index (κ1) is 20.3. The number of halogens is 1. The minimum Gasteiger partial charge on any atom is -0.508 e. The van der Waals surface area contributed by atoms with Gasteiger partial charge in [0.2, 0.25) is 0 Å². The van der Waals surface area contributed by atoms with Gasteiger partial charge in [-0.1, -0.05) is 41.9 Å². The zero-order valence-corrected chi connectivity index (χ0v) is 19.0. The lowest BCUT2D eigenvalue weighted by atomic mass is 9.99. The van der Waals surface area contributed by atoms with Crippen LogP contribution in [0.25, 0.3) is 22.4 Å². The maximum absolute atomic E-state index is 14.0. The summed E-state index contributed by atoms with van der Waals surface area (Å²) in [5, 5.41) is 10.7. The third kappa shape index (κ3) is 3.46. The topological polar surface area (TPSA) is 59.0 Å². The van der Waals surface area contributed by atoms with Crippen molar-refractivity contribution < 1.29 is 9.67 Å². The summed E-state index contributed by atoms with van der Waals surface area (Å²) in [6.45, 7) is 2.79. The minimum absolute atomic E-state index is 0.0338. The largest absolute Gasteiger partial charge is 0.508 e. The number of rotatable bonds is 4. The van der Waals surface area contributed by atoms with Crippen molar-refractivity contribution in [3.63, 3.8) is 0 Å². The fraction of sp³-hybridized carbons (Fsp3) is 0.174. The van der Waals surface area contributed by atoms with Gasteiger partial charge in [-0.3, -0.25) is 0 Å². The molecule has 0 bridgehead atoms. The minimum atomic E-state index is -0.105. The molecule has 0 saturated carbocycles. The standard InChI is InChI=1S/C23H18ClN3O2S2/c1-2-26-20(15-8-10-16(28)11-9-15)19(14-6-4-3-5-7-14)21(29)27-17(13-30-23(26)27)18-12-25-22(24)31-18/h3-12,17H,2,13H2,1H3/p+1/t17-/m1/s1. The van der Waals surface area contributed by atoms with Gasteiger partial charge >= 0.3 is 10.7 Å². The molecule has 0 saturated heterocycles. The van der Waals surface area contributed by atoms with Crippen LogP contribution in [0, 0.1) is 0 Å². The van der Waals surface area contributed by atoms with E-state index in [4.69, 9.17) is 11.6 Å². The summed E-state index contributed by atoms with van der Waals surface area (Å²) in [5.41, 5.74) is 3.24. The van der Waals surface area contributed by atoms with E-state index in [-0.39, 0.29) is 17.4 Å². The number of phenolic OH excluding ortho intramolecular Hbond substituents is 1. The highest BCUT2D eigenvalue weighted by Crippen LogP contribution is 2.39. The van der Waals surface area contributed by atoms with Gasteiger partial charge in [0.1, 0.15) is 11.3 Å². The van der Waals surface area contributed by atoms with Gasteiger partial charge in [0.15, 0.2) is 16.2 Å². The van der Waals surface area contributed by atoms with Crippen LogP contribution in [-0.2, 0) is 6.54 Å². The summed E-state index contributed by atoms with van der Waals surface area (Å²) in [6.07, 6.45) is 1.77. The first-order valence-corrected chi connectivity index (χ1v) is 12.1. The Morgan fingerprint density at radius 1 is 1.16 bits per heavy atom. The zero-order chi connectivity index (χ0) is 21.5. The molecular formula is C23H19ClN3O2S2+. The number of nitrogens with zero attached hydrogens (tertiary/aromatic N) is 3. The Bertz CT molecular complexity index is 1320. The number of phenols is 1. The molecule has 0 unspecified atom stereocenters. The molecule has 0 spiro atoms. The number of aromatic nitrogens is 3. The number of thiazole rings is 1. The normalized spacial score (nSPS) is 15.2. The van der Waals surface area contributed by atoms with Crippen molar-refractivity contribution in [1.29, 1.82) is 0 Å². The molecule has 1 aliphatic heterocycles. The molecule has 1 N–H and O–H groups in total. The molecule has 8 heteroatoms. The quantitative estimate of drug-likeness (QED) is 0.338. The molecule has 5 nitrogen and oxygen atoms in total. The second-order valence-electron chi connectivity index (χ2n) is 7.18. The third-order valence-corrected chi connectivity index (χ3v) is 7.78. The van der Waals surface area contributed by atoms with Crippen molar-refractivity contribution in [3.05, 3.63) is 80.5 Å². The van der Waals surface area contributed by atoms with E-state index in [1.54, 1.807) is 30.1 Å². The van der Waals surface area contributed by atoms with E-state index < -0.39 is 0 Å². The van der Waals surface area contributed by atoms with Crippen LogP contribution in [0.15, 0.2) is 70.7 Å². The number of thioether (sulfide) groups is 1. The first-order chi connectivity index (χ1) is 15.1. The lowest BCUT2D eigenvalue weighted by Gasteiger charge is -2.16. The van der Waals surface area contributed by atoms with Crippen LogP contribution in [0.4, 0.5) is 0 Å². The van der Waals surface area contributed by atoms with Crippen molar-refractivity contribution in [1.82, 2.24) is 9.55 Å². The number of benzene rings is 2. The van der Waals surface area contributed by atoms with Gasteiger partial charge in [0, 0.05) is 11.8 Å². The van der Waals surface area contributed by atoms with E-state index in [0.717, 1.165) is 32.6 Å². The van der Waals surface area contributed by atoms with E-state index in [2.05, 4.69) is 16.5 Å². The van der Waals surface area contributed by atoms with Crippen molar-refractivity contribution in [3.8, 4) is 28.1 Å². The van der Waals surface area contributed by atoms with E-state index in [9.17, 15) is 9.90 Å². The van der Waals surface area contributed by atoms with Crippen LogP contribution in [0.5, 0.6) is 5.75 Å². The van der Waals surface area contributed by atoms with Gasteiger partial charge in [0.05, 0.1) is 17.2 Å². The lowest BCUT2D eigenvalue weighted by molar-refractivity contribution is -0.725. The monoisotopic (exact) mass is 468 g/mol. The Balaban J connectivity index is 1.85. The summed E-state index contributed by atoms with van der Waals surface area (Å²) in [4.78, 5) is 19.2. The average molecular weight is 469 g/mol. The molecule has 0 amide bonds. The number of aromatic hydroxyl groups is 1. The van der Waals surface area contributed by atoms with Crippen molar-refractivity contribution in [2.45, 2.75) is 24.7 Å². The van der Waals surface area contributed by atoms with Gasteiger partial charge in [-0.2, -0.15) is 4.57 Å². The van der Waals surface area contributed by atoms with Gasteiger partial charge in [0.25, 0.3) is 0 Å². The molecule has 5 rings (SSSR count). The van der Waals surface area contributed by atoms with Crippen LogP contribution in [0.2, 0.25) is 4.47 Å². The molecule has 1 atom stereocenters. The highest BCUT2D eigenvalue weighted by Gasteiger charge is 2.40. The predicted molar refractivity (Wildman–Crippen MR) is 125 cm³/mol. The molecule has 31 heavy (non-hydrogen) atoms. The Hall–Kier alpha value is -2.61. The maximum Gasteiger partial charge on any atom is 0.347 e. The smallest absolute Gasteiger partial charge is 0.347 e. The molecule has 4 aromatic rings. The van der Waals surface area contributed by atoms with Gasteiger partial charge in [-0.25, -0.2) is 14.3 Å². The summed E-state index contributed by atoms with van der Waals surface area (Å²) in [7, 11) is 0. The Labute approximate surface area is 192 Å². The maximum atomic E-state index is 14.0. The van der Waals surface area contributed by atoms with E-state index in [1.807, 2.05) is 47.0 Å². The molecule has 2 aromatic heterocycles. The van der Waals surface area contributed by atoms with E-state index >= 15 is 0 Å². The predicted octanol–water partition coefficient (Wildman–Crippen LogP) is 5.00. The van der Waals surface area contributed by atoms with E-state index in [1.165, 1.54) is 11.3 Å². The summed E-state index contributed by atoms with van der Waals surface area (Å²) in [6, 6.07) is 16.7. The first-order valence-electron chi connectivity index (χ1n) is 9.89. The van der Waals surface area contributed by atoms with E-state index in [0.29, 0.717) is 16.6 Å². The van der Waals surface area contributed by atoms with Gasteiger partial charge in [-0.15, -0.1) is 11.3 Å².